The number of methoxy groups -OCH3 is 1. The zero-order valence-corrected chi connectivity index (χ0v) is 28.8. The first-order chi connectivity index (χ1) is 20.0. The monoisotopic (exact) mass is 694 g/mol. The number of hydrogen-bond acceptors (Lipinski definition) is 4. The van der Waals surface area contributed by atoms with Gasteiger partial charge in [0, 0.05) is 31.0 Å². The first-order valence-electron chi connectivity index (χ1n) is 16.1. The second kappa shape index (κ2) is 23.3. The van der Waals surface area contributed by atoms with Crippen molar-refractivity contribution in [2.45, 2.75) is 130 Å². The van der Waals surface area contributed by atoms with Gasteiger partial charge in [-0.3, -0.25) is 14.5 Å². The van der Waals surface area contributed by atoms with Crippen LogP contribution in [0.3, 0.4) is 0 Å². The van der Waals surface area contributed by atoms with Crippen LogP contribution in [0.2, 0.25) is 0 Å². The van der Waals surface area contributed by atoms with E-state index >= 15 is 0 Å². The number of rotatable bonds is 22. The zero-order valence-electron chi connectivity index (χ0n) is 26.7. The van der Waals surface area contributed by atoms with Crippen LogP contribution in [-0.4, -0.2) is 30.4 Å². The highest BCUT2D eigenvalue weighted by Crippen LogP contribution is 2.29. The molecule has 0 unspecified atom stereocenters. The van der Waals surface area contributed by atoms with E-state index in [1.165, 1.54) is 88.9 Å². The Labute approximate surface area is 272 Å². The Morgan fingerprint density at radius 1 is 0.762 bits per heavy atom. The summed E-state index contributed by atoms with van der Waals surface area (Å²) in [5.41, 5.74) is 1.32. The number of pyridine rings is 1. The normalized spacial score (nSPS) is 10.7. The van der Waals surface area contributed by atoms with E-state index in [0.717, 1.165) is 31.5 Å². The minimum absolute atomic E-state index is 0. The molecule has 42 heavy (non-hydrogen) atoms. The highest BCUT2D eigenvalue weighted by atomic mass is 127. The minimum Gasteiger partial charge on any atom is -1.00 e. The van der Waals surface area contributed by atoms with Gasteiger partial charge in [-0.15, -0.1) is 0 Å². The Balaban J connectivity index is 0.00000882. The predicted octanol–water partition coefficient (Wildman–Crippen LogP) is 5.45. The molecule has 236 valence electrons. The predicted molar refractivity (Wildman–Crippen MR) is 166 cm³/mol. The van der Waals surface area contributed by atoms with E-state index < -0.39 is 0 Å². The molecule has 0 aliphatic rings. The molecule has 1 heterocycles. The number of aromatic nitrogens is 1. The fourth-order valence-electron chi connectivity index (χ4n) is 5.16. The molecule has 1 aromatic carbocycles. The van der Waals surface area contributed by atoms with Gasteiger partial charge in [0.25, 0.3) is 5.91 Å². The average Bonchev–Trinajstić information content (AvgIpc) is 2.98. The number of nitrogens with zero attached hydrogens (tertiary/aromatic N) is 2. The number of carbonyl (C=O) groups excluding carboxylic acids is 2. The smallest absolute Gasteiger partial charge is 0.261 e. The Bertz CT molecular complexity index is 1030. The third-order valence-electron chi connectivity index (χ3n) is 7.61. The van der Waals surface area contributed by atoms with E-state index in [1.807, 2.05) is 24.4 Å². The number of halogens is 1. The number of aryl methyl sites for hydroxylation is 1. The Kier molecular flexibility index (Phi) is 21.0. The molecule has 6 nitrogen and oxygen atoms in total. The summed E-state index contributed by atoms with van der Waals surface area (Å²) >= 11 is 0. The zero-order chi connectivity index (χ0) is 29.7. The van der Waals surface area contributed by atoms with Gasteiger partial charge >= 0.3 is 0 Å². The van der Waals surface area contributed by atoms with Crippen molar-refractivity contribution in [1.29, 1.82) is 0 Å². The van der Waals surface area contributed by atoms with Gasteiger partial charge in [0.15, 0.2) is 17.7 Å². The highest BCUT2D eigenvalue weighted by molar-refractivity contribution is 6.04. The van der Waals surface area contributed by atoms with Gasteiger partial charge in [0.1, 0.15) is 13.1 Å². The van der Waals surface area contributed by atoms with Crippen LogP contribution in [0.5, 0.6) is 11.5 Å². The van der Waals surface area contributed by atoms with Crippen LogP contribution in [0.4, 0.5) is 0 Å². The van der Waals surface area contributed by atoms with E-state index in [4.69, 9.17) is 9.47 Å². The summed E-state index contributed by atoms with van der Waals surface area (Å²) in [6.07, 6.45) is 21.5. The second-order valence-electron chi connectivity index (χ2n) is 11.1. The molecule has 0 saturated heterocycles. The standard InChI is InChI=1S/C35H55N2O4.HI/c1-5-7-8-9-10-11-12-13-14-15-16-17-18-21-27-41-33-24-23-31(28-34(33)40-4)35(39)37(30(3)38)29-32-22-19-20-26-36(32)25-6-2;/h19-20,22-24,26,28H,5-18,21,25,27,29H2,1-4H3;1H/q+1;/p-1. The maximum atomic E-state index is 13.3. The fourth-order valence-corrected chi connectivity index (χ4v) is 5.16. The van der Waals surface area contributed by atoms with E-state index in [2.05, 4.69) is 18.4 Å². The molecule has 1 aromatic heterocycles. The van der Waals surface area contributed by atoms with Crippen molar-refractivity contribution in [2.24, 2.45) is 0 Å². The van der Waals surface area contributed by atoms with Crippen LogP contribution in [-0.2, 0) is 17.9 Å². The maximum absolute atomic E-state index is 13.3. The van der Waals surface area contributed by atoms with Crippen molar-refractivity contribution in [2.75, 3.05) is 13.7 Å². The number of unbranched alkanes of at least 4 members (excludes halogenated alkanes) is 13. The molecule has 0 aliphatic heterocycles. The number of amides is 2. The van der Waals surface area contributed by atoms with Gasteiger partial charge in [-0.25, -0.2) is 4.57 Å². The van der Waals surface area contributed by atoms with Gasteiger partial charge in [-0.1, -0.05) is 103 Å². The van der Waals surface area contributed by atoms with Crippen molar-refractivity contribution < 1.29 is 47.6 Å². The van der Waals surface area contributed by atoms with Crippen LogP contribution in [0.25, 0.3) is 0 Å². The molecule has 0 atom stereocenters. The first-order valence-corrected chi connectivity index (χ1v) is 16.1. The molecule has 0 fully saturated rings. The fraction of sp³-hybridized carbons (Fsp3) is 0.629. The molecule has 0 bridgehead atoms. The topological polar surface area (TPSA) is 59.7 Å². The largest absolute Gasteiger partial charge is 1.00 e. The number of benzene rings is 1. The molecule has 0 N–H and O–H groups in total. The SMILES string of the molecule is CCCCCCCCCCCCCCCCOc1ccc(C(=O)N(Cc2cccc[n+]2CCC)C(C)=O)cc1OC.[I-]. The van der Waals surface area contributed by atoms with Crippen molar-refractivity contribution in [3.05, 3.63) is 53.9 Å². The van der Waals surface area contributed by atoms with Crippen LogP contribution in [0.1, 0.15) is 133 Å². The average molecular weight is 695 g/mol. The Morgan fingerprint density at radius 3 is 1.90 bits per heavy atom. The number of carbonyl (C=O) groups is 2. The van der Waals surface area contributed by atoms with Crippen molar-refractivity contribution >= 4 is 11.8 Å². The summed E-state index contributed by atoms with van der Waals surface area (Å²) < 4.78 is 13.6. The van der Waals surface area contributed by atoms with Crippen molar-refractivity contribution in [1.82, 2.24) is 4.90 Å². The summed E-state index contributed by atoms with van der Waals surface area (Å²) in [6.45, 7) is 7.47. The molecule has 0 radical (unpaired) electrons. The first kappa shape index (κ1) is 37.9. The van der Waals surface area contributed by atoms with E-state index in [-0.39, 0.29) is 42.3 Å². The van der Waals surface area contributed by atoms with Crippen LogP contribution in [0, 0.1) is 0 Å². The van der Waals surface area contributed by atoms with Crippen LogP contribution < -0.4 is 38.0 Å². The highest BCUT2D eigenvalue weighted by Gasteiger charge is 2.25. The van der Waals surface area contributed by atoms with E-state index in [1.54, 1.807) is 25.3 Å². The van der Waals surface area contributed by atoms with Crippen LogP contribution >= 0.6 is 0 Å². The molecule has 2 aromatic rings. The minimum atomic E-state index is -0.346. The van der Waals surface area contributed by atoms with Gasteiger partial charge in [-0.05, 0) is 24.6 Å². The molecule has 0 spiro atoms. The van der Waals surface area contributed by atoms with Gasteiger partial charge in [0.2, 0.25) is 11.6 Å². The van der Waals surface area contributed by atoms with Gasteiger partial charge in [-0.2, -0.15) is 0 Å². The van der Waals surface area contributed by atoms with E-state index in [9.17, 15) is 9.59 Å². The summed E-state index contributed by atoms with van der Waals surface area (Å²) in [7, 11) is 1.57. The summed E-state index contributed by atoms with van der Waals surface area (Å²) in [5.74, 6) is 0.489. The lowest BCUT2D eigenvalue weighted by Crippen LogP contribution is -3.00. The van der Waals surface area contributed by atoms with Crippen LogP contribution in [0.15, 0.2) is 42.6 Å². The van der Waals surface area contributed by atoms with E-state index in [0.29, 0.717) is 23.7 Å². The Hall–Kier alpha value is -2.16. The summed E-state index contributed by atoms with van der Waals surface area (Å²) in [5, 5.41) is 0. The summed E-state index contributed by atoms with van der Waals surface area (Å²) in [4.78, 5) is 27.1. The maximum Gasteiger partial charge on any atom is 0.261 e. The number of imide groups is 1. The molecular formula is C35H55IN2O4. The third-order valence-corrected chi connectivity index (χ3v) is 7.61. The Morgan fingerprint density at radius 2 is 1.36 bits per heavy atom. The lowest BCUT2D eigenvalue weighted by Gasteiger charge is -2.19. The molecule has 2 amide bonds. The molecule has 0 aliphatic carbocycles. The lowest BCUT2D eigenvalue weighted by molar-refractivity contribution is -0.704. The third kappa shape index (κ3) is 14.3. The molecule has 7 heteroatoms. The number of hydrogen-bond donors (Lipinski definition) is 0. The van der Waals surface area contributed by atoms with Crippen molar-refractivity contribution in [3.8, 4) is 11.5 Å². The van der Waals surface area contributed by atoms with Crippen molar-refractivity contribution in [3.63, 3.8) is 0 Å². The number of ether oxygens (including phenoxy) is 2. The molecule has 2 rings (SSSR count). The summed E-state index contributed by atoms with van der Waals surface area (Å²) in [6, 6.07) is 11.0. The molecule has 0 saturated carbocycles. The van der Waals surface area contributed by atoms with Gasteiger partial charge < -0.3 is 33.5 Å². The quantitative estimate of drug-likeness (QED) is 0.0936. The second-order valence-corrected chi connectivity index (χ2v) is 11.1. The van der Waals surface area contributed by atoms with Gasteiger partial charge in [0.05, 0.1) is 13.7 Å². The lowest BCUT2D eigenvalue weighted by atomic mass is 10.0. The molecular weight excluding hydrogens is 639 g/mol.